The van der Waals surface area contributed by atoms with Crippen molar-refractivity contribution in [2.75, 3.05) is 26.2 Å². The number of ether oxygens (including phenoxy) is 1. The van der Waals surface area contributed by atoms with Crippen LogP contribution in [-0.2, 0) is 9.53 Å². The second-order valence-corrected chi connectivity index (χ2v) is 9.90. The lowest BCUT2D eigenvalue weighted by Crippen LogP contribution is -2.36. The number of carbonyl (C=O) groups excluding carboxylic acids is 2. The highest BCUT2D eigenvalue weighted by Crippen LogP contribution is 2.42. The zero-order chi connectivity index (χ0) is 19.0. The lowest BCUT2D eigenvalue weighted by Gasteiger charge is -2.35. The summed E-state index contributed by atoms with van der Waals surface area (Å²) in [7, 11) is 0. The molecule has 3 unspecified atom stereocenters. The van der Waals surface area contributed by atoms with Crippen LogP contribution in [0.1, 0.15) is 54.9 Å². The van der Waals surface area contributed by atoms with Crippen molar-refractivity contribution < 1.29 is 14.3 Å². The van der Waals surface area contributed by atoms with Gasteiger partial charge in [0.2, 0.25) is 0 Å². The van der Waals surface area contributed by atoms with E-state index < -0.39 is 5.60 Å². The van der Waals surface area contributed by atoms with Gasteiger partial charge in [-0.1, -0.05) is 27.7 Å². The van der Waals surface area contributed by atoms with Gasteiger partial charge >= 0.3 is 6.09 Å². The van der Waals surface area contributed by atoms with Crippen LogP contribution in [0.4, 0.5) is 4.79 Å². The Morgan fingerprint density at radius 1 is 1.24 bits per heavy atom. The van der Waals surface area contributed by atoms with Gasteiger partial charge < -0.3 is 15.0 Å². The molecule has 5 nitrogen and oxygen atoms in total. The summed E-state index contributed by atoms with van der Waals surface area (Å²) in [5.74, 6) is 1.78. The van der Waals surface area contributed by atoms with Crippen LogP contribution in [0.3, 0.4) is 0 Å². The largest absolute Gasteiger partial charge is 0.444 e. The third-order valence-corrected chi connectivity index (χ3v) is 5.77. The van der Waals surface area contributed by atoms with Crippen molar-refractivity contribution in [3.63, 3.8) is 0 Å². The molecule has 0 saturated carbocycles. The smallest absolute Gasteiger partial charge is 0.410 e. The number of hydrogen-bond acceptors (Lipinski definition) is 4. The van der Waals surface area contributed by atoms with E-state index in [1.807, 2.05) is 25.7 Å². The molecule has 2 aliphatic rings. The van der Waals surface area contributed by atoms with Crippen molar-refractivity contribution in [3.8, 4) is 0 Å². The van der Waals surface area contributed by atoms with Gasteiger partial charge in [0.15, 0.2) is 5.78 Å². The highest BCUT2D eigenvalue weighted by molar-refractivity contribution is 5.85. The third-order valence-electron chi connectivity index (χ3n) is 5.77. The van der Waals surface area contributed by atoms with Gasteiger partial charge in [-0.15, -0.1) is 0 Å². The van der Waals surface area contributed by atoms with Gasteiger partial charge in [0.25, 0.3) is 0 Å². The topological polar surface area (TPSA) is 58.6 Å². The first-order valence-corrected chi connectivity index (χ1v) is 9.62. The van der Waals surface area contributed by atoms with Gasteiger partial charge in [-0.05, 0) is 50.4 Å². The molecule has 0 aromatic heterocycles. The summed E-state index contributed by atoms with van der Waals surface area (Å²) in [6.07, 6.45) is 0.754. The first-order valence-electron chi connectivity index (χ1n) is 9.62. The van der Waals surface area contributed by atoms with E-state index in [4.69, 9.17) is 4.74 Å². The van der Waals surface area contributed by atoms with E-state index in [9.17, 15) is 9.59 Å². The van der Waals surface area contributed by atoms with E-state index in [-0.39, 0.29) is 17.4 Å². The number of ketones is 1. The highest BCUT2D eigenvalue weighted by atomic mass is 16.6. The first-order chi connectivity index (χ1) is 11.4. The summed E-state index contributed by atoms with van der Waals surface area (Å²) in [5, 5.41) is 3.21. The maximum atomic E-state index is 12.5. The highest BCUT2D eigenvalue weighted by Gasteiger charge is 2.45. The molecule has 144 valence electrons. The minimum atomic E-state index is -0.469. The van der Waals surface area contributed by atoms with Crippen LogP contribution in [0, 0.1) is 29.1 Å². The van der Waals surface area contributed by atoms with Crippen molar-refractivity contribution in [1.82, 2.24) is 10.2 Å². The Labute approximate surface area is 152 Å². The van der Waals surface area contributed by atoms with Gasteiger partial charge in [-0.3, -0.25) is 4.79 Å². The Kier molecular flexibility index (Phi) is 5.87. The standard InChI is InChI=1S/C20H36N2O3/c1-13(2)15-12-22(18(24)25-19(3,4)5)11-14(15)8-20(6,7)16-9-21-10-17(16)23/h13-16,21H,8-12H2,1-7H3. The van der Waals surface area contributed by atoms with Gasteiger partial charge in [0, 0.05) is 25.6 Å². The zero-order valence-corrected chi connectivity index (χ0v) is 17.0. The van der Waals surface area contributed by atoms with Crippen molar-refractivity contribution in [3.05, 3.63) is 0 Å². The third kappa shape index (κ3) is 4.96. The molecule has 2 aliphatic heterocycles. The molecule has 5 heteroatoms. The Hall–Kier alpha value is -1.10. The summed E-state index contributed by atoms with van der Waals surface area (Å²) in [6.45, 7) is 17.3. The van der Waals surface area contributed by atoms with Gasteiger partial charge in [-0.25, -0.2) is 4.79 Å². The Bertz CT molecular complexity index is 508. The Balaban J connectivity index is 2.07. The minimum absolute atomic E-state index is 0.0532. The molecule has 2 heterocycles. The predicted octanol–water partition coefficient (Wildman–Crippen LogP) is 3.33. The summed E-state index contributed by atoms with van der Waals surface area (Å²) in [5.41, 5.74) is -0.522. The van der Waals surface area contributed by atoms with Crippen LogP contribution >= 0.6 is 0 Å². The van der Waals surface area contributed by atoms with E-state index in [1.165, 1.54) is 0 Å². The van der Waals surface area contributed by atoms with Crippen LogP contribution in [0.2, 0.25) is 0 Å². The van der Waals surface area contributed by atoms with Crippen molar-refractivity contribution in [1.29, 1.82) is 0 Å². The number of amides is 1. The zero-order valence-electron chi connectivity index (χ0n) is 17.0. The number of nitrogens with zero attached hydrogens (tertiary/aromatic N) is 1. The SMILES string of the molecule is CC(C)C1CN(C(=O)OC(C)(C)C)CC1CC(C)(C)C1CNCC1=O. The molecule has 0 aromatic carbocycles. The second-order valence-electron chi connectivity index (χ2n) is 9.90. The van der Waals surface area contributed by atoms with Crippen LogP contribution in [0.5, 0.6) is 0 Å². The number of likely N-dealkylation sites (tertiary alicyclic amines) is 1. The molecule has 1 N–H and O–H groups in total. The fourth-order valence-electron chi connectivity index (χ4n) is 4.45. The lowest BCUT2D eigenvalue weighted by atomic mass is 9.69. The van der Waals surface area contributed by atoms with Crippen molar-refractivity contribution in [2.24, 2.45) is 29.1 Å². The molecule has 1 amide bonds. The lowest BCUT2D eigenvalue weighted by molar-refractivity contribution is -0.122. The van der Waals surface area contributed by atoms with E-state index in [0.29, 0.717) is 30.1 Å². The maximum Gasteiger partial charge on any atom is 0.410 e. The number of nitrogens with one attached hydrogen (secondary N) is 1. The predicted molar refractivity (Wildman–Crippen MR) is 99.4 cm³/mol. The normalized spacial score (nSPS) is 28.1. The van der Waals surface area contributed by atoms with Gasteiger partial charge in [0.1, 0.15) is 5.60 Å². The molecule has 2 fully saturated rings. The van der Waals surface area contributed by atoms with E-state index >= 15 is 0 Å². The molecule has 3 atom stereocenters. The fraction of sp³-hybridized carbons (Fsp3) is 0.900. The van der Waals surface area contributed by atoms with Crippen LogP contribution in [-0.4, -0.2) is 48.6 Å². The number of carbonyl (C=O) groups is 2. The first kappa shape index (κ1) is 20.2. The minimum Gasteiger partial charge on any atom is -0.444 e. The van der Waals surface area contributed by atoms with E-state index in [2.05, 4.69) is 33.0 Å². The average molecular weight is 353 g/mol. The molecule has 0 aliphatic carbocycles. The summed E-state index contributed by atoms with van der Waals surface area (Å²) in [4.78, 5) is 26.5. The summed E-state index contributed by atoms with van der Waals surface area (Å²) in [6, 6.07) is 0. The average Bonchev–Trinajstić information content (AvgIpc) is 3.03. The number of Topliss-reactive ketones (excluding diaryl/α,β-unsaturated/α-hetero) is 1. The summed E-state index contributed by atoms with van der Waals surface area (Å²) >= 11 is 0. The molecule has 25 heavy (non-hydrogen) atoms. The fourth-order valence-corrected chi connectivity index (χ4v) is 4.45. The molecular weight excluding hydrogens is 316 g/mol. The molecule has 0 radical (unpaired) electrons. The monoisotopic (exact) mass is 352 g/mol. The van der Waals surface area contributed by atoms with Crippen LogP contribution in [0.25, 0.3) is 0 Å². The van der Waals surface area contributed by atoms with Crippen LogP contribution < -0.4 is 5.32 Å². The molecule has 2 saturated heterocycles. The van der Waals surface area contributed by atoms with Crippen molar-refractivity contribution >= 4 is 11.9 Å². The van der Waals surface area contributed by atoms with E-state index in [0.717, 1.165) is 26.1 Å². The maximum absolute atomic E-state index is 12.5. The summed E-state index contributed by atoms with van der Waals surface area (Å²) < 4.78 is 5.57. The van der Waals surface area contributed by atoms with Gasteiger partial charge in [-0.2, -0.15) is 0 Å². The van der Waals surface area contributed by atoms with Gasteiger partial charge in [0.05, 0.1) is 6.54 Å². The molecule has 0 aromatic rings. The number of rotatable bonds is 4. The van der Waals surface area contributed by atoms with Crippen LogP contribution in [0.15, 0.2) is 0 Å². The molecule has 0 bridgehead atoms. The Morgan fingerprint density at radius 2 is 1.88 bits per heavy atom. The molecule has 0 spiro atoms. The number of hydrogen-bond donors (Lipinski definition) is 1. The van der Waals surface area contributed by atoms with E-state index in [1.54, 1.807) is 0 Å². The quantitative estimate of drug-likeness (QED) is 0.843. The Morgan fingerprint density at radius 3 is 2.36 bits per heavy atom. The van der Waals surface area contributed by atoms with Crippen molar-refractivity contribution in [2.45, 2.75) is 60.5 Å². The second kappa shape index (κ2) is 7.26. The molecule has 2 rings (SSSR count). The molecular formula is C20H36N2O3.